The van der Waals surface area contributed by atoms with Gasteiger partial charge >= 0.3 is 0 Å². The molecule has 0 bridgehead atoms. The van der Waals surface area contributed by atoms with E-state index in [1.165, 1.54) is 0 Å². The summed E-state index contributed by atoms with van der Waals surface area (Å²) < 4.78 is 5.38. The van der Waals surface area contributed by atoms with Gasteiger partial charge in [0.15, 0.2) is 0 Å². The van der Waals surface area contributed by atoms with Gasteiger partial charge in [-0.25, -0.2) is 0 Å². The van der Waals surface area contributed by atoms with Crippen LogP contribution in [0.2, 0.25) is 0 Å². The fourth-order valence-electron chi connectivity index (χ4n) is 1.53. The molecule has 1 rings (SSSR count). The molecule has 1 N–H and O–H groups in total. The molecule has 4 heteroatoms. The number of carbonyl (C=O) groups is 1. The molecule has 1 aliphatic rings. The molecular formula is C10H20N2O2. The van der Waals surface area contributed by atoms with Gasteiger partial charge in [-0.2, -0.15) is 0 Å². The van der Waals surface area contributed by atoms with Gasteiger partial charge in [-0.05, 0) is 13.0 Å². The lowest BCUT2D eigenvalue weighted by molar-refractivity contribution is -0.131. The Bertz CT molecular complexity index is 164. The molecule has 1 fully saturated rings. The summed E-state index contributed by atoms with van der Waals surface area (Å²) in [5.41, 5.74) is 0. The van der Waals surface area contributed by atoms with E-state index in [4.69, 9.17) is 4.74 Å². The molecule has 0 spiro atoms. The van der Waals surface area contributed by atoms with Crippen molar-refractivity contribution in [2.45, 2.75) is 19.8 Å². The molecule has 1 aliphatic heterocycles. The number of carbonyl (C=O) groups excluding carboxylic acids is 1. The Morgan fingerprint density at radius 1 is 1.36 bits per heavy atom. The Balaban J connectivity index is 2.34. The SMILES string of the molecule is CCC(=O)N1CCCNCCOCC1. The quantitative estimate of drug-likeness (QED) is 0.659. The highest BCUT2D eigenvalue weighted by Gasteiger charge is 2.11. The Kier molecular flexibility index (Phi) is 5.56. The minimum atomic E-state index is 0.231. The predicted octanol–water partition coefficient (Wildman–Crippen LogP) is 0.235. The van der Waals surface area contributed by atoms with Crippen LogP contribution in [-0.4, -0.2) is 50.2 Å². The predicted molar refractivity (Wildman–Crippen MR) is 55.2 cm³/mol. The highest BCUT2D eigenvalue weighted by Crippen LogP contribution is 1.97. The molecule has 0 unspecified atom stereocenters. The van der Waals surface area contributed by atoms with E-state index in [0.29, 0.717) is 13.0 Å². The molecule has 0 aromatic heterocycles. The molecule has 0 atom stereocenters. The topological polar surface area (TPSA) is 41.6 Å². The standard InChI is InChI=1S/C10H20N2O2/c1-2-10(13)12-6-3-4-11-5-8-14-9-7-12/h11H,2-9H2,1H3. The summed E-state index contributed by atoms with van der Waals surface area (Å²) in [5, 5.41) is 3.27. The van der Waals surface area contributed by atoms with Crippen LogP contribution in [0.15, 0.2) is 0 Å². The van der Waals surface area contributed by atoms with Crippen molar-refractivity contribution in [1.29, 1.82) is 0 Å². The number of amides is 1. The van der Waals surface area contributed by atoms with Gasteiger partial charge in [-0.1, -0.05) is 6.92 Å². The first-order valence-corrected chi connectivity index (χ1v) is 5.41. The molecule has 14 heavy (non-hydrogen) atoms. The minimum Gasteiger partial charge on any atom is -0.378 e. The highest BCUT2D eigenvalue weighted by molar-refractivity contribution is 5.75. The van der Waals surface area contributed by atoms with Crippen LogP contribution < -0.4 is 5.32 Å². The van der Waals surface area contributed by atoms with Crippen LogP contribution in [0.25, 0.3) is 0 Å². The summed E-state index contributed by atoms with van der Waals surface area (Å²) in [5.74, 6) is 0.231. The van der Waals surface area contributed by atoms with Crippen molar-refractivity contribution in [3.05, 3.63) is 0 Å². The van der Waals surface area contributed by atoms with Crippen LogP contribution in [0.4, 0.5) is 0 Å². The van der Waals surface area contributed by atoms with Crippen molar-refractivity contribution in [2.75, 3.05) is 39.4 Å². The van der Waals surface area contributed by atoms with Crippen LogP contribution in [0, 0.1) is 0 Å². The maximum Gasteiger partial charge on any atom is 0.222 e. The van der Waals surface area contributed by atoms with Crippen molar-refractivity contribution in [3.63, 3.8) is 0 Å². The molecule has 0 aromatic rings. The molecule has 0 aliphatic carbocycles. The van der Waals surface area contributed by atoms with Gasteiger partial charge in [0.2, 0.25) is 5.91 Å². The lowest BCUT2D eigenvalue weighted by atomic mass is 10.3. The average molecular weight is 200 g/mol. The highest BCUT2D eigenvalue weighted by atomic mass is 16.5. The van der Waals surface area contributed by atoms with Crippen molar-refractivity contribution in [2.24, 2.45) is 0 Å². The zero-order chi connectivity index (χ0) is 10.2. The van der Waals surface area contributed by atoms with E-state index in [1.807, 2.05) is 11.8 Å². The smallest absolute Gasteiger partial charge is 0.222 e. The van der Waals surface area contributed by atoms with Gasteiger partial charge in [0.25, 0.3) is 0 Å². The molecule has 1 amide bonds. The third-order valence-corrected chi connectivity index (χ3v) is 2.37. The fourth-order valence-corrected chi connectivity index (χ4v) is 1.53. The van der Waals surface area contributed by atoms with E-state index in [0.717, 1.165) is 39.2 Å². The number of nitrogens with one attached hydrogen (secondary N) is 1. The third-order valence-electron chi connectivity index (χ3n) is 2.37. The van der Waals surface area contributed by atoms with Crippen LogP contribution >= 0.6 is 0 Å². The maximum atomic E-state index is 11.5. The monoisotopic (exact) mass is 200 g/mol. The van der Waals surface area contributed by atoms with Crippen molar-refractivity contribution in [3.8, 4) is 0 Å². The first kappa shape index (κ1) is 11.5. The average Bonchev–Trinajstić information content (AvgIpc) is 2.24. The van der Waals surface area contributed by atoms with Gasteiger partial charge < -0.3 is 15.0 Å². The zero-order valence-electron chi connectivity index (χ0n) is 8.92. The summed E-state index contributed by atoms with van der Waals surface area (Å²) in [7, 11) is 0. The molecule has 0 aromatic carbocycles. The van der Waals surface area contributed by atoms with Gasteiger partial charge in [0.1, 0.15) is 0 Å². The minimum absolute atomic E-state index is 0.231. The summed E-state index contributed by atoms with van der Waals surface area (Å²) in [6.07, 6.45) is 1.62. The molecular weight excluding hydrogens is 180 g/mol. The molecule has 0 radical (unpaired) electrons. The molecule has 82 valence electrons. The summed E-state index contributed by atoms with van der Waals surface area (Å²) in [4.78, 5) is 13.4. The number of hydrogen-bond donors (Lipinski definition) is 1. The van der Waals surface area contributed by atoms with E-state index in [2.05, 4.69) is 5.32 Å². The number of rotatable bonds is 1. The van der Waals surface area contributed by atoms with E-state index in [9.17, 15) is 4.79 Å². The Morgan fingerprint density at radius 3 is 3.00 bits per heavy atom. The van der Waals surface area contributed by atoms with Crippen LogP contribution in [0.3, 0.4) is 0 Å². The molecule has 1 heterocycles. The van der Waals surface area contributed by atoms with Gasteiger partial charge in [0, 0.05) is 26.1 Å². The Morgan fingerprint density at radius 2 is 2.21 bits per heavy atom. The van der Waals surface area contributed by atoms with Crippen LogP contribution in [-0.2, 0) is 9.53 Å². The normalized spacial score (nSPS) is 20.5. The first-order chi connectivity index (χ1) is 6.84. The summed E-state index contributed by atoms with van der Waals surface area (Å²) in [6.45, 7) is 6.79. The number of ether oxygens (including phenoxy) is 1. The van der Waals surface area contributed by atoms with Crippen LogP contribution in [0.1, 0.15) is 19.8 Å². The number of hydrogen-bond acceptors (Lipinski definition) is 3. The zero-order valence-corrected chi connectivity index (χ0v) is 8.92. The maximum absolute atomic E-state index is 11.5. The second-order valence-electron chi connectivity index (χ2n) is 3.45. The van der Waals surface area contributed by atoms with E-state index >= 15 is 0 Å². The van der Waals surface area contributed by atoms with E-state index in [-0.39, 0.29) is 5.91 Å². The Hall–Kier alpha value is -0.610. The van der Waals surface area contributed by atoms with E-state index in [1.54, 1.807) is 0 Å². The van der Waals surface area contributed by atoms with Crippen molar-refractivity contribution in [1.82, 2.24) is 10.2 Å². The van der Waals surface area contributed by atoms with Crippen molar-refractivity contribution >= 4 is 5.91 Å². The molecule has 1 saturated heterocycles. The lowest BCUT2D eigenvalue weighted by Crippen LogP contribution is -2.37. The largest absolute Gasteiger partial charge is 0.378 e. The first-order valence-electron chi connectivity index (χ1n) is 5.41. The lowest BCUT2D eigenvalue weighted by Gasteiger charge is -2.23. The van der Waals surface area contributed by atoms with Gasteiger partial charge in [-0.15, -0.1) is 0 Å². The third kappa shape index (κ3) is 4.07. The van der Waals surface area contributed by atoms with E-state index < -0.39 is 0 Å². The second-order valence-corrected chi connectivity index (χ2v) is 3.45. The fraction of sp³-hybridized carbons (Fsp3) is 0.900. The molecule has 0 saturated carbocycles. The summed E-state index contributed by atoms with van der Waals surface area (Å²) in [6, 6.07) is 0. The van der Waals surface area contributed by atoms with Crippen molar-refractivity contribution < 1.29 is 9.53 Å². The van der Waals surface area contributed by atoms with Gasteiger partial charge in [-0.3, -0.25) is 4.79 Å². The Labute approximate surface area is 85.6 Å². The number of nitrogens with zero attached hydrogens (tertiary/aromatic N) is 1. The summed E-state index contributed by atoms with van der Waals surface area (Å²) >= 11 is 0. The second kappa shape index (κ2) is 6.79. The van der Waals surface area contributed by atoms with Gasteiger partial charge in [0.05, 0.1) is 13.2 Å². The van der Waals surface area contributed by atoms with Crippen LogP contribution in [0.5, 0.6) is 0 Å². The molecule has 4 nitrogen and oxygen atoms in total.